The number of nitrogens with zero attached hydrogens (tertiary/aromatic N) is 2. The van der Waals surface area contributed by atoms with Crippen LogP contribution in [0, 0.1) is 17.0 Å². The number of alkyl halides is 3. The number of aliphatic carboxylic acids is 1. The van der Waals surface area contributed by atoms with Crippen LogP contribution in [0.2, 0.25) is 0 Å². The quantitative estimate of drug-likeness (QED) is 0.0544. The fourth-order valence-corrected chi connectivity index (χ4v) is 5.70. The first-order valence-corrected chi connectivity index (χ1v) is 18.1. The number of carboxylic acid groups (broad SMARTS) is 1. The summed E-state index contributed by atoms with van der Waals surface area (Å²) >= 11 is 0. The molecule has 14 nitrogen and oxygen atoms in total. The summed E-state index contributed by atoms with van der Waals surface area (Å²) in [5, 5.41) is 38.6. The van der Waals surface area contributed by atoms with Crippen molar-refractivity contribution in [2.75, 3.05) is 26.8 Å². The van der Waals surface area contributed by atoms with E-state index in [0.29, 0.717) is 24.1 Å². The van der Waals surface area contributed by atoms with Gasteiger partial charge < -0.3 is 51.1 Å². The van der Waals surface area contributed by atoms with E-state index in [4.69, 9.17) is 15.9 Å². The summed E-state index contributed by atoms with van der Waals surface area (Å²) in [6.45, 7) is 7.23. The molecule has 3 unspecified atom stereocenters. The molecule has 3 aromatic rings. The van der Waals surface area contributed by atoms with E-state index in [1.54, 1.807) is 12.3 Å². The smallest absolute Gasteiger partial charge is 0.448 e. The van der Waals surface area contributed by atoms with Crippen LogP contribution < -0.4 is 16.4 Å². The molecule has 0 bridgehead atoms. The number of benzene rings is 2. The normalized spacial score (nSPS) is 12.6. The van der Waals surface area contributed by atoms with Crippen LogP contribution >= 0.6 is 0 Å². The van der Waals surface area contributed by atoms with E-state index in [-0.39, 0.29) is 44.3 Å². The van der Waals surface area contributed by atoms with Gasteiger partial charge in [-0.1, -0.05) is 57.7 Å². The van der Waals surface area contributed by atoms with Crippen LogP contribution in [-0.4, -0.2) is 105 Å². The molecule has 3 atom stereocenters. The standard InChI is InChI=1S/C36H45F2N5O7.C3H3F3O.CH4O/c1-36(2,3)33(30-18-24(26-19-25(37)11-12-27(26)38)21-42(30)20-23-8-5-4-6-9-23)43(32(47)22-45)16-14-28(39)34(48)40-15-13-31(46)41-29(35(49)50)10-7-17-44;1-2(7)3(4,5)6;1-2/h4-6,8-9,11-12,17-19,21,28-29,33,45H,7,10,13-16,20,22,39H2,1-3H3,(H,40,48)(H,41,46)(H,49,50);7H,1H2;2H,1H3. The molecule has 0 aliphatic carbocycles. The van der Waals surface area contributed by atoms with Crippen molar-refractivity contribution in [3.8, 4) is 11.1 Å². The maximum absolute atomic E-state index is 15.0. The molecule has 0 radical (unpaired) electrons. The van der Waals surface area contributed by atoms with Crippen molar-refractivity contribution in [3.63, 3.8) is 0 Å². The number of carbonyl (C=O) groups is 5. The number of aldehydes is 1. The lowest BCUT2D eigenvalue weighted by Crippen LogP contribution is -2.48. The Kier molecular flexibility index (Phi) is 21.2. The zero-order valence-corrected chi connectivity index (χ0v) is 33.1. The molecular formula is C40H52F5N5O9. The molecule has 19 heteroatoms. The molecule has 1 aromatic heterocycles. The van der Waals surface area contributed by atoms with Gasteiger partial charge in [0, 0.05) is 62.6 Å². The number of carboxylic acids is 1. The lowest BCUT2D eigenvalue weighted by molar-refractivity contribution is -0.142. The number of hydrogen-bond acceptors (Lipinski definition) is 9. The van der Waals surface area contributed by atoms with E-state index in [2.05, 4.69) is 17.2 Å². The number of nitrogens with two attached hydrogens (primary N) is 1. The lowest BCUT2D eigenvalue weighted by Gasteiger charge is -2.41. The molecule has 3 rings (SSSR count). The zero-order chi connectivity index (χ0) is 45.1. The third-order valence-electron chi connectivity index (χ3n) is 8.44. The molecule has 0 saturated carbocycles. The predicted octanol–water partition coefficient (Wildman–Crippen LogP) is 4.39. The van der Waals surface area contributed by atoms with Crippen molar-refractivity contribution in [2.45, 2.75) is 77.3 Å². The molecular weight excluding hydrogens is 789 g/mol. The Morgan fingerprint density at radius 1 is 0.983 bits per heavy atom. The van der Waals surface area contributed by atoms with E-state index < -0.39 is 77.4 Å². The van der Waals surface area contributed by atoms with Crippen LogP contribution in [0.4, 0.5) is 22.0 Å². The van der Waals surface area contributed by atoms with Crippen molar-refractivity contribution in [2.24, 2.45) is 11.1 Å². The highest BCUT2D eigenvalue weighted by Gasteiger charge is 2.37. The summed E-state index contributed by atoms with van der Waals surface area (Å²) in [6.07, 6.45) is -2.78. The number of halogens is 5. The number of carbonyl (C=O) groups excluding carboxylic acids is 4. The Morgan fingerprint density at radius 2 is 1.59 bits per heavy atom. The highest BCUT2D eigenvalue weighted by Crippen LogP contribution is 2.41. The first-order chi connectivity index (χ1) is 27.6. The van der Waals surface area contributed by atoms with E-state index in [1.165, 1.54) is 4.90 Å². The molecule has 0 aliphatic rings. The van der Waals surface area contributed by atoms with Gasteiger partial charge in [0.25, 0.3) is 0 Å². The van der Waals surface area contributed by atoms with Gasteiger partial charge in [-0.15, -0.1) is 0 Å². The Hall–Kier alpha value is -5.66. The van der Waals surface area contributed by atoms with Crippen molar-refractivity contribution in [1.82, 2.24) is 20.1 Å². The average molecular weight is 842 g/mol. The largest absolute Gasteiger partial charge is 0.505 e. The Balaban J connectivity index is 0.00000174. The second kappa shape index (κ2) is 24.3. The number of aliphatic hydroxyl groups excluding tert-OH is 3. The summed E-state index contributed by atoms with van der Waals surface area (Å²) in [5.74, 6) is -6.18. The van der Waals surface area contributed by atoms with E-state index >= 15 is 0 Å². The fourth-order valence-electron chi connectivity index (χ4n) is 5.70. The number of allylic oxidation sites excluding steroid dienone is 1. The van der Waals surface area contributed by atoms with Crippen LogP contribution in [0.25, 0.3) is 11.1 Å². The maximum atomic E-state index is 15.0. The SMILES string of the molecule is C=C(O)C(F)(F)F.CC(C)(C)C(c1cc(-c2cc(F)ccc2F)cn1Cc1ccccc1)N(CCC(N)C(=O)NCCC(=O)NC(CCC=O)C(=O)O)C(=O)CO.CO. The zero-order valence-electron chi connectivity index (χ0n) is 33.1. The number of aromatic nitrogens is 1. The van der Waals surface area contributed by atoms with Gasteiger partial charge in [-0.3, -0.25) is 14.4 Å². The molecule has 0 spiro atoms. The minimum atomic E-state index is -4.64. The van der Waals surface area contributed by atoms with Gasteiger partial charge in [-0.05, 0) is 48.1 Å². The minimum Gasteiger partial charge on any atom is -0.505 e. The Labute approximate surface area is 338 Å². The molecule has 1 heterocycles. The first-order valence-electron chi connectivity index (χ1n) is 18.1. The monoisotopic (exact) mass is 841 g/mol. The Bertz CT molecular complexity index is 1850. The molecule has 0 saturated heterocycles. The summed E-state index contributed by atoms with van der Waals surface area (Å²) in [5.41, 5.74) is 7.43. The Morgan fingerprint density at radius 3 is 2.12 bits per heavy atom. The summed E-state index contributed by atoms with van der Waals surface area (Å²) in [7, 11) is 1.00. The number of amides is 3. The molecule has 59 heavy (non-hydrogen) atoms. The van der Waals surface area contributed by atoms with Crippen molar-refractivity contribution in [1.29, 1.82) is 0 Å². The molecule has 326 valence electrons. The highest BCUT2D eigenvalue weighted by atomic mass is 19.4. The molecule has 0 fully saturated rings. The van der Waals surface area contributed by atoms with Gasteiger partial charge in [0.2, 0.25) is 17.7 Å². The van der Waals surface area contributed by atoms with Crippen LogP contribution in [0.15, 0.2) is 73.1 Å². The minimum absolute atomic E-state index is 0.0338. The first kappa shape index (κ1) is 51.4. The van der Waals surface area contributed by atoms with Crippen molar-refractivity contribution < 1.29 is 66.4 Å². The second-order valence-electron chi connectivity index (χ2n) is 14.0. The van der Waals surface area contributed by atoms with E-state index in [0.717, 1.165) is 30.9 Å². The van der Waals surface area contributed by atoms with Crippen molar-refractivity contribution >= 4 is 30.0 Å². The summed E-state index contributed by atoms with van der Waals surface area (Å²) in [4.78, 5) is 61.7. The number of hydrogen-bond donors (Lipinski definition) is 7. The third-order valence-corrected chi connectivity index (χ3v) is 8.44. The van der Waals surface area contributed by atoms with Gasteiger partial charge in [0.05, 0.1) is 12.1 Å². The lowest BCUT2D eigenvalue weighted by atomic mass is 9.82. The van der Waals surface area contributed by atoms with Gasteiger partial charge in [0.15, 0.2) is 5.76 Å². The van der Waals surface area contributed by atoms with E-state index in [1.807, 2.05) is 55.7 Å². The molecule has 3 amide bonds. The van der Waals surface area contributed by atoms with Crippen LogP contribution in [-0.2, 0) is 30.5 Å². The molecule has 0 aliphatic heterocycles. The van der Waals surface area contributed by atoms with Gasteiger partial charge in [0.1, 0.15) is 30.6 Å². The highest BCUT2D eigenvalue weighted by molar-refractivity contribution is 5.85. The van der Waals surface area contributed by atoms with E-state index in [9.17, 15) is 56.1 Å². The predicted molar refractivity (Wildman–Crippen MR) is 207 cm³/mol. The van der Waals surface area contributed by atoms with Gasteiger partial charge >= 0.3 is 12.1 Å². The van der Waals surface area contributed by atoms with Crippen LogP contribution in [0.3, 0.4) is 0 Å². The second-order valence-corrected chi connectivity index (χ2v) is 14.0. The summed E-state index contributed by atoms with van der Waals surface area (Å²) in [6, 6.07) is 11.2. The van der Waals surface area contributed by atoms with Crippen LogP contribution in [0.1, 0.15) is 63.8 Å². The maximum Gasteiger partial charge on any atom is 0.448 e. The number of rotatable bonds is 18. The van der Waals surface area contributed by atoms with Crippen molar-refractivity contribution in [3.05, 3.63) is 96.0 Å². The topological polar surface area (TPSA) is 225 Å². The van der Waals surface area contributed by atoms with Gasteiger partial charge in [-0.2, -0.15) is 13.2 Å². The fraction of sp³-hybridized carbons (Fsp3) is 0.425. The number of nitrogens with one attached hydrogen (secondary N) is 2. The third kappa shape index (κ3) is 17.0. The molecule has 2 aromatic carbocycles. The average Bonchev–Trinajstić information content (AvgIpc) is 3.57. The van der Waals surface area contributed by atoms with Crippen LogP contribution in [0.5, 0.6) is 0 Å². The molecule has 8 N–H and O–H groups in total. The summed E-state index contributed by atoms with van der Waals surface area (Å²) < 4.78 is 63.6. The number of aliphatic hydroxyl groups is 3. The van der Waals surface area contributed by atoms with Gasteiger partial charge in [-0.25, -0.2) is 13.6 Å².